The second-order valence-electron chi connectivity index (χ2n) is 25.0. The molecule has 17 heterocycles. The summed E-state index contributed by atoms with van der Waals surface area (Å²) in [6.45, 7) is 22.5. The standard InChI is InChI=1S/C21H20N6O.C15H23BN2O3.C12H9BrN4.C12H10N4.C6H8BNO2.C6H4ClN3.BHNS/c1-15-12-16(6-7-22-15)18-3-5-21-24-14-19(27(21)25-18)17-2-4-20(23-13-17)26-8-10-28-11-9-26;1-14(2)15(3,4)21-16(20-14)12-5-6-13(17-11-12)18-7-9-19-10-8-18;1-8-6-9(4-5-14-8)10-2-3-12-15-7-11(13)17(12)16-10;1-9-8-10(4-5-13-9)11-2-3-12-14-6-7-16(12)15-11;1-5-4-6(7(9)10)2-3-8-5;7-5-1-2-6-8-3-4-10(6)9-5;1-2-3/h2-7,12-14H,8-11H2,1H3;5-6,11H,7-10H2,1-4H3;2-7H,1H3;2-8H,1H3;2-4,9-10H,1H3;1-4H;3H. The zero-order chi connectivity index (χ0) is 74.0. The number of aromatic nitrogens is 18. The first-order valence-electron chi connectivity index (χ1n) is 33.4. The van der Waals surface area contributed by atoms with E-state index in [4.69, 9.17) is 45.5 Å². The Labute approximate surface area is 627 Å². The van der Waals surface area contributed by atoms with E-state index in [1.807, 2.05) is 141 Å². The summed E-state index contributed by atoms with van der Waals surface area (Å²) in [4.78, 5) is 47.1. The normalized spacial score (nSPS) is 14.2. The van der Waals surface area contributed by atoms with Gasteiger partial charge in [-0.15, -0.1) is 0 Å². The molecular formula is C72H75B3BrClN21O6S. The Morgan fingerprint density at radius 1 is 0.486 bits per heavy atom. The van der Waals surface area contributed by atoms with E-state index >= 15 is 0 Å². The fourth-order valence-electron chi connectivity index (χ4n) is 10.8. The summed E-state index contributed by atoms with van der Waals surface area (Å²) < 4.78 is 33.4. The van der Waals surface area contributed by atoms with Gasteiger partial charge in [-0.3, -0.25) is 19.9 Å². The molecule has 17 rings (SSSR count). The van der Waals surface area contributed by atoms with Crippen LogP contribution in [0.1, 0.15) is 50.5 Å². The quantitative estimate of drug-likeness (QED) is 0.0941. The van der Waals surface area contributed by atoms with Gasteiger partial charge in [0, 0.05) is 139 Å². The Bertz CT molecular complexity index is 5170. The van der Waals surface area contributed by atoms with Crippen molar-refractivity contribution in [1.82, 2.24) is 88.3 Å². The van der Waals surface area contributed by atoms with Crippen LogP contribution < -0.4 is 20.7 Å². The van der Waals surface area contributed by atoms with Gasteiger partial charge >= 0.3 is 39.0 Å². The van der Waals surface area contributed by atoms with E-state index in [9.17, 15) is 0 Å². The summed E-state index contributed by atoms with van der Waals surface area (Å²) in [6.07, 6.45) is 21.3. The number of hydrogen-bond acceptors (Lipinski definition) is 24. The van der Waals surface area contributed by atoms with E-state index in [1.54, 1.807) is 88.2 Å². The van der Waals surface area contributed by atoms with Crippen molar-refractivity contribution in [1.29, 1.82) is 0 Å². The molecule has 0 spiro atoms. The minimum atomic E-state index is -1.39. The number of nitrogens with zero attached hydrogens (tertiary/aromatic N) is 21. The van der Waals surface area contributed by atoms with Crippen molar-refractivity contribution in [3.05, 3.63) is 228 Å². The van der Waals surface area contributed by atoms with Gasteiger partial charge in [0.15, 0.2) is 22.6 Å². The van der Waals surface area contributed by atoms with Gasteiger partial charge in [0.1, 0.15) is 21.4 Å². The third-order valence-electron chi connectivity index (χ3n) is 17.0. The molecule has 3 fully saturated rings. The molecule has 3 aliphatic heterocycles. The molecular weight excluding hydrogens is 1430 g/mol. The zero-order valence-electron chi connectivity index (χ0n) is 59.0. The maximum absolute atomic E-state index is 8.68. The van der Waals surface area contributed by atoms with Crippen LogP contribution in [0, 0.1) is 27.7 Å². The monoisotopic (exact) mass is 1510 g/mol. The van der Waals surface area contributed by atoms with Gasteiger partial charge in [-0.2, -0.15) is 20.4 Å². The molecule has 33 heteroatoms. The van der Waals surface area contributed by atoms with Crippen LogP contribution in [0.15, 0.2) is 205 Å². The van der Waals surface area contributed by atoms with E-state index in [2.05, 4.69) is 155 Å². The van der Waals surface area contributed by atoms with E-state index in [1.165, 1.54) is 0 Å². The van der Waals surface area contributed by atoms with Crippen LogP contribution in [0.2, 0.25) is 5.15 Å². The Hall–Kier alpha value is -10.1. The van der Waals surface area contributed by atoms with Crippen molar-refractivity contribution in [2.24, 2.45) is 4.30 Å². The molecule has 14 aromatic rings. The van der Waals surface area contributed by atoms with Crippen LogP contribution in [0.25, 0.3) is 67.6 Å². The predicted octanol–water partition coefficient (Wildman–Crippen LogP) is 9.81. The van der Waals surface area contributed by atoms with Crippen molar-refractivity contribution in [2.75, 3.05) is 62.4 Å². The molecule has 0 atom stereocenters. The Balaban J connectivity index is 0.000000129. The number of thiol groups is 1. The number of fused-ring (bicyclic) bond motifs is 4. The van der Waals surface area contributed by atoms with Gasteiger partial charge in [-0.05, 0) is 192 Å². The van der Waals surface area contributed by atoms with Crippen LogP contribution >= 0.6 is 40.3 Å². The SMILES string of the molecule is CC1(C)OB(c2ccc(N3CCOCC3)nc2)OC1(C)C.Cc1cc(-c2ccc3ncc(-c4ccc(N5CCOCC5)nc4)n3n2)ccn1.Cc1cc(-c2ccc3ncc(Br)n3n2)ccn1.Cc1cc(-c2ccc3nccn3n2)ccn1.Cc1cc(B(O)O)ccn1.Clc1ccc2nccn2n1.[B]=NS. The molecule has 0 aliphatic carbocycles. The number of halogens is 2. The van der Waals surface area contributed by atoms with Crippen LogP contribution in [0.5, 0.6) is 0 Å². The fourth-order valence-corrected chi connectivity index (χ4v) is 11.3. The van der Waals surface area contributed by atoms with E-state index in [0.29, 0.717) is 10.6 Å². The first kappa shape index (κ1) is 76.0. The third kappa shape index (κ3) is 20.0. The van der Waals surface area contributed by atoms with Crippen molar-refractivity contribution >= 4 is 107 Å². The zero-order valence-corrected chi connectivity index (χ0v) is 62.2. The molecule has 1 radical (unpaired) electrons. The molecule has 0 amide bonds. The van der Waals surface area contributed by atoms with Gasteiger partial charge in [-0.1, -0.05) is 17.7 Å². The molecule has 0 saturated carbocycles. The fraction of sp³-hybridized carbons (Fsp3) is 0.250. The topological polar surface area (TPSA) is 294 Å². The van der Waals surface area contributed by atoms with Crippen LogP contribution in [0.3, 0.4) is 0 Å². The van der Waals surface area contributed by atoms with Gasteiger partial charge < -0.3 is 38.6 Å². The molecule has 0 unspecified atom stereocenters. The molecule has 533 valence electrons. The number of anilines is 2. The Morgan fingerprint density at radius 3 is 1.41 bits per heavy atom. The van der Waals surface area contributed by atoms with E-state index < -0.39 is 7.12 Å². The maximum atomic E-state index is 8.68. The summed E-state index contributed by atoms with van der Waals surface area (Å²) >= 11 is 12.2. The van der Waals surface area contributed by atoms with E-state index in [-0.39, 0.29) is 18.3 Å². The van der Waals surface area contributed by atoms with Crippen molar-refractivity contribution in [2.45, 2.75) is 66.6 Å². The predicted molar refractivity (Wildman–Crippen MR) is 414 cm³/mol. The third-order valence-corrected chi connectivity index (χ3v) is 17.7. The van der Waals surface area contributed by atoms with Crippen molar-refractivity contribution in [3.63, 3.8) is 0 Å². The summed E-state index contributed by atoms with van der Waals surface area (Å²) in [5.74, 6) is 1.96. The van der Waals surface area contributed by atoms with E-state index in [0.717, 1.165) is 165 Å². The first-order chi connectivity index (χ1) is 50.7. The number of ether oxygens (including phenoxy) is 2. The molecule has 3 saturated heterocycles. The van der Waals surface area contributed by atoms with Crippen LogP contribution in [-0.2, 0) is 18.8 Å². The summed E-state index contributed by atoms with van der Waals surface area (Å²) in [6, 6.07) is 38.7. The number of rotatable bonds is 8. The number of morpholine rings is 2. The molecule has 0 aromatic carbocycles. The van der Waals surface area contributed by atoms with Gasteiger partial charge in [-0.25, -0.2) is 48.0 Å². The molecule has 105 heavy (non-hydrogen) atoms. The van der Waals surface area contributed by atoms with Crippen LogP contribution in [0.4, 0.5) is 11.6 Å². The Morgan fingerprint density at radius 2 is 0.933 bits per heavy atom. The summed E-state index contributed by atoms with van der Waals surface area (Å²) in [5, 5.41) is 35.6. The number of imidazole rings is 4. The first-order valence-corrected chi connectivity index (χ1v) is 35.0. The average molecular weight is 1510 g/mol. The average Bonchev–Trinajstić information content (AvgIpc) is 1.63. The second kappa shape index (κ2) is 35.6. The molecule has 2 N–H and O–H groups in total. The summed E-state index contributed by atoms with van der Waals surface area (Å²) in [5.41, 5.74) is 15.6. The van der Waals surface area contributed by atoms with Crippen molar-refractivity contribution in [3.8, 4) is 45.0 Å². The number of pyridine rings is 6. The van der Waals surface area contributed by atoms with Crippen molar-refractivity contribution < 1.29 is 28.8 Å². The summed E-state index contributed by atoms with van der Waals surface area (Å²) in [7, 11) is 2.60. The molecule has 14 aromatic heterocycles. The van der Waals surface area contributed by atoms with Gasteiger partial charge in [0.25, 0.3) is 0 Å². The minimum absolute atomic E-state index is 0.319. The van der Waals surface area contributed by atoms with Crippen LogP contribution in [-0.4, -0.2) is 184 Å². The van der Waals surface area contributed by atoms with Gasteiger partial charge in [0.2, 0.25) is 0 Å². The Kier molecular flexibility index (Phi) is 25.7. The molecule has 27 nitrogen and oxygen atoms in total. The number of hydrogen-bond donors (Lipinski definition) is 3. The molecule has 3 aliphatic rings. The number of aryl methyl sites for hydroxylation is 4. The second-order valence-corrected chi connectivity index (χ2v) is 26.4. The molecule has 0 bridgehead atoms. The van der Waals surface area contributed by atoms with Gasteiger partial charge in [0.05, 0.1) is 72.8 Å².